The molecule has 0 N–H and O–H groups in total. The molecule has 6 aromatic carbocycles. The standard InChI is InChI=1S/C42H34Cl2O4/c1-4-37(44)30-8-7-9-31(26-30)41(46)29-16-22-34(23-17-29)47-38-24-25-39(36-11-6-5-10-35(36)38)48-42(2,3)32-18-12-27(13-19-32)40(45)28-14-20-33(43)21-15-28/h5-26,37H,4H2,1-3H3. The maximum atomic E-state index is 13.2. The van der Waals surface area contributed by atoms with Gasteiger partial charge in [-0.2, -0.15) is 0 Å². The Hall–Kier alpha value is -4.90. The van der Waals surface area contributed by atoms with E-state index in [-0.39, 0.29) is 16.9 Å². The molecule has 0 saturated carbocycles. The average Bonchev–Trinajstić information content (AvgIpc) is 3.12. The van der Waals surface area contributed by atoms with Crippen LogP contribution in [0.2, 0.25) is 5.02 Å². The number of carbonyl (C=O) groups excluding carboxylic acids is 2. The van der Waals surface area contributed by atoms with Crippen LogP contribution in [0.4, 0.5) is 0 Å². The van der Waals surface area contributed by atoms with Gasteiger partial charge in [0.25, 0.3) is 0 Å². The third-order valence-corrected chi connectivity index (χ3v) is 9.18. The zero-order valence-corrected chi connectivity index (χ0v) is 28.4. The van der Waals surface area contributed by atoms with Gasteiger partial charge in [-0.05, 0) is 98.1 Å². The third-order valence-electron chi connectivity index (χ3n) is 8.37. The maximum Gasteiger partial charge on any atom is 0.193 e. The normalized spacial score (nSPS) is 12.0. The molecule has 0 spiro atoms. The quantitative estimate of drug-likeness (QED) is 0.101. The second kappa shape index (κ2) is 14.1. The molecule has 48 heavy (non-hydrogen) atoms. The number of carbonyl (C=O) groups is 2. The first-order chi connectivity index (χ1) is 23.1. The summed E-state index contributed by atoms with van der Waals surface area (Å²) < 4.78 is 12.9. The smallest absolute Gasteiger partial charge is 0.193 e. The van der Waals surface area contributed by atoms with Crippen LogP contribution in [-0.4, -0.2) is 11.6 Å². The lowest BCUT2D eigenvalue weighted by atomic mass is 9.94. The summed E-state index contributed by atoms with van der Waals surface area (Å²) in [7, 11) is 0. The van der Waals surface area contributed by atoms with E-state index in [1.807, 2.05) is 106 Å². The van der Waals surface area contributed by atoms with Crippen LogP contribution in [0.5, 0.6) is 17.2 Å². The Morgan fingerprint density at radius 2 is 1.19 bits per heavy atom. The Bertz CT molecular complexity index is 2080. The predicted molar refractivity (Wildman–Crippen MR) is 194 cm³/mol. The van der Waals surface area contributed by atoms with Gasteiger partial charge in [-0.3, -0.25) is 9.59 Å². The fraction of sp³-hybridized carbons (Fsp3) is 0.143. The van der Waals surface area contributed by atoms with E-state index in [0.717, 1.165) is 28.3 Å². The molecule has 0 radical (unpaired) electrons. The highest BCUT2D eigenvalue weighted by molar-refractivity contribution is 6.30. The van der Waals surface area contributed by atoms with E-state index in [1.165, 1.54) is 0 Å². The van der Waals surface area contributed by atoms with Gasteiger partial charge in [-0.1, -0.05) is 85.3 Å². The van der Waals surface area contributed by atoms with Crippen LogP contribution >= 0.6 is 23.2 Å². The van der Waals surface area contributed by atoms with Crippen molar-refractivity contribution in [2.45, 2.75) is 38.2 Å². The van der Waals surface area contributed by atoms with Crippen molar-refractivity contribution in [3.63, 3.8) is 0 Å². The summed E-state index contributed by atoms with van der Waals surface area (Å²) in [4.78, 5) is 26.2. The van der Waals surface area contributed by atoms with Crippen LogP contribution < -0.4 is 9.47 Å². The minimum atomic E-state index is -0.698. The molecule has 0 aliphatic rings. The van der Waals surface area contributed by atoms with Crippen molar-refractivity contribution < 1.29 is 19.1 Å². The van der Waals surface area contributed by atoms with Crippen LogP contribution in [-0.2, 0) is 5.60 Å². The first-order valence-electron chi connectivity index (χ1n) is 15.8. The van der Waals surface area contributed by atoms with Gasteiger partial charge in [0.2, 0.25) is 0 Å². The van der Waals surface area contributed by atoms with E-state index >= 15 is 0 Å². The second-order valence-electron chi connectivity index (χ2n) is 12.1. The van der Waals surface area contributed by atoms with E-state index < -0.39 is 5.60 Å². The lowest BCUT2D eigenvalue weighted by Gasteiger charge is -2.28. The van der Waals surface area contributed by atoms with Crippen LogP contribution in [0.15, 0.2) is 133 Å². The lowest BCUT2D eigenvalue weighted by molar-refractivity contribution is 0.103. The molecule has 0 saturated heterocycles. The molecular formula is C42H34Cl2O4. The molecule has 0 amide bonds. The number of hydrogen-bond acceptors (Lipinski definition) is 4. The molecule has 4 nitrogen and oxygen atoms in total. The van der Waals surface area contributed by atoms with Crippen molar-refractivity contribution in [2.24, 2.45) is 0 Å². The molecule has 1 unspecified atom stereocenters. The summed E-state index contributed by atoms with van der Waals surface area (Å²) in [6.07, 6.45) is 0.786. The van der Waals surface area contributed by atoms with Crippen LogP contribution in [0, 0.1) is 0 Å². The summed E-state index contributed by atoms with van der Waals surface area (Å²) in [5.74, 6) is 1.84. The Morgan fingerprint density at radius 1 is 0.646 bits per heavy atom. The van der Waals surface area contributed by atoms with Gasteiger partial charge in [0.15, 0.2) is 11.6 Å². The molecule has 1 atom stereocenters. The highest BCUT2D eigenvalue weighted by Gasteiger charge is 2.25. The van der Waals surface area contributed by atoms with Crippen LogP contribution in [0.3, 0.4) is 0 Å². The number of halogens is 2. The molecule has 0 aliphatic heterocycles. The second-order valence-corrected chi connectivity index (χ2v) is 13.1. The van der Waals surface area contributed by atoms with Crippen molar-refractivity contribution in [2.75, 3.05) is 0 Å². The van der Waals surface area contributed by atoms with Crippen molar-refractivity contribution in [3.05, 3.63) is 172 Å². The first-order valence-corrected chi connectivity index (χ1v) is 16.6. The lowest BCUT2D eigenvalue weighted by Crippen LogP contribution is -2.25. The van der Waals surface area contributed by atoms with E-state index in [9.17, 15) is 9.59 Å². The van der Waals surface area contributed by atoms with E-state index in [4.69, 9.17) is 32.7 Å². The van der Waals surface area contributed by atoms with Gasteiger partial charge >= 0.3 is 0 Å². The largest absolute Gasteiger partial charge is 0.483 e. The summed E-state index contributed by atoms with van der Waals surface area (Å²) >= 11 is 12.4. The Morgan fingerprint density at radius 3 is 1.81 bits per heavy atom. The van der Waals surface area contributed by atoms with E-state index in [1.54, 1.807) is 48.5 Å². The zero-order valence-electron chi connectivity index (χ0n) is 26.9. The van der Waals surface area contributed by atoms with Gasteiger partial charge in [-0.15, -0.1) is 11.6 Å². The predicted octanol–water partition coefficient (Wildman–Crippen LogP) is 11.8. The van der Waals surface area contributed by atoms with Crippen LogP contribution in [0.1, 0.15) is 75.5 Å². The molecule has 0 fully saturated rings. The molecule has 0 aliphatic carbocycles. The number of hydrogen-bond donors (Lipinski definition) is 0. The minimum Gasteiger partial charge on any atom is -0.483 e. The monoisotopic (exact) mass is 672 g/mol. The van der Waals surface area contributed by atoms with Crippen molar-refractivity contribution in [1.29, 1.82) is 0 Å². The van der Waals surface area contributed by atoms with Crippen molar-refractivity contribution in [1.82, 2.24) is 0 Å². The van der Waals surface area contributed by atoms with Gasteiger partial charge in [0.05, 0.1) is 5.38 Å². The number of benzene rings is 6. The third kappa shape index (κ3) is 7.16. The first kappa shape index (κ1) is 33.0. The van der Waals surface area contributed by atoms with Crippen molar-refractivity contribution in [3.8, 4) is 17.2 Å². The Balaban J connectivity index is 1.19. The Labute approximate surface area is 290 Å². The molecule has 0 aromatic heterocycles. The molecule has 240 valence electrons. The van der Waals surface area contributed by atoms with Gasteiger partial charge in [0, 0.05) is 38.0 Å². The fourth-order valence-electron chi connectivity index (χ4n) is 5.62. The Kier molecular flexibility index (Phi) is 9.68. The number of alkyl halides is 1. The number of rotatable bonds is 11. The van der Waals surface area contributed by atoms with Gasteiger partial charge in [-0.25, -0.2) is 0 Å². The molecule has 6 rings (SSSR count). The highest BCUT2D eigenvalue weighted by Crippen LogP contribution is 2.39. The SMILES string of the molecule is CCC(Cl)c1cccc(C(=O)c2ccc(Oc3ccc(OC(C)(C)c4ccc(C(=O)c5ccc(Cl)cc5)cc4)c4ccccc34)cc2)c1. The molecule has 6 heteroatoms. The summed E-state index contributed by atoms with van der Waals surface area (Å²) in [5, 5.41) is 2.24. The van der Waals surface area contributed by atoms with Gasteiger partial charge in [0.1, 0.15) is 22.8 Å². The number of ketones is 2. The van der Waals surface area contributed by atoms with E-state index in [0.29, 0.717) is 44.5 Å². The number of ether oxygens (including phenoxy) is 2. The van der Waals surface area contributed by atoms with Crippen molar-refractivity contribution >= 4 is 45.5 Å². The molecule has 6 aromatic rings. The highest BCUT2D eigenvalue weighted by atomic mass is 35.5. The summed E-state index contributed by atoms with van der Waals surface area (Å²) in [5.41, 5.74) is 3.51. The maximum absolute atomic E-state index is 13.2. The summed E-state index contributed by atoms with van der Waals surface area (Å²) in [6.45, 7) is 6.02. The molecular weight excluding hydrogens is 639 g/mol. The van der Waals surface area contributed by atoms with Crippen LogP contribution in [0.25, 0.3) is 10.8 Å². The average molecular weight is 674 g/mol. The summed E-state index contributed by atoms with van der Waals surface area (Å²) in [6, 6.07) is 40.7. The number of fused-ring (bicyclic) bond motifs is 1. The topological polar surface area (TPSA) is 52.6 Å². The zero-order chi connectivity index (χ0) is 33.8. The minimum absolute atomic E-state index is 0.0677. The van der Waals surface area contributed by atoms with E-state index in [2.05, 4.69) is 0 Å². The van der Waals surface area contributed by atoms with Gasteiger partial charge < -0.3 is 9.47 Å². The fourth-order valence-corrected chi connectivity index (χ4v) is 5.89. The molecule has 0 heterocycles. The molecule has 0 bridgehead atoms.